The molecular weight excluding hydrogens is 234 g/mol. The first-order valence-corrected chi connectivity index (χ1v) is 7.68. The zero-order valence-electron chi connectivity index (χ0n) is 12.5. The predicted molar refractivity (Wildman–Crippen MR) is 82.0 cm³/mol. The number of nitrogens with one attached hydrogen (secondary N) is 1. The summed E-state index contributed by atoms with van der Waals surface area (Å²) in [5, 5.41) is 12.6. The molecule has 1 aromatic rings. The van der Waals surface area contributed by atoms with Gasteiger partial charge in [-0.15, -0.1) is 0 Å². The highest BCUT2D eigenvalue weighted by atomic mass is 16.3. The van der Waals surface area contributed by atoms with E-state index in [1.807, 2.05) is 12.1 Å². The first-order valence-electron chi connectivity index (χ1n) is 7.68. The number of aliphatic hydroxyl groups excluding tert-OH is 1. The molecule has 19 heavy (non-hydrogen) atoms. The van der Waals surface area contributed by atoms with Crippen LogP contribution >= 0.6 is 0 Å². The van der Waals surface area contributed by atoms with E-state index in [4.69, 9.17) is 5.11 Å². The maximum absolute atomic E-state index is 8.99. The van der Waals surface area contributed by atoms with Crippen LogP contribution in [0, 0.1) is 0 Å². The van der Waals surface area contributed by atoms with E-state index in [2.05, 4.69) is 31.3 Å². The van der Waals surface area contributed by atoms with Gasteiger partial charge in [-0.3, -0.25) is 0 Å². The van der Waals surface area contributed by atoms with Gasteiger partial charge in [0.05, 0.1) is 6.61 Å². The molecule has 0 saturated carbocycles. The van der Waals surface area contributed by atoms with Crippen LogP contribution in [0.3, 0.4) is 0 Å². The summed E-state index contributed by atoms with van der Waals surface area (Å²) in [7, 11) is 0. The van der Waals surface area contributed by atoms with Crippen LogP contribution in [-0.2, 0) is 13.2 Å². The van der Waals surface area contributed by atoms with Gasteiger partial charge in [-0.1, -0.05) is 63.3 Å². The summed E-state index contributed by atoms with van der Waals surface area (Å²) in [5.74, 6) is 0. The summed E-state index contributed by atoms with van der Waals surface area (Å²) in [6.45, 7) is 5.57. The molecule has 2 nitrogen and oxygen atoms in total. The second-order valence-electron chi connectivity index (χ2n) is 5.46. The molecule has 2 N–H and O–H groups in total. The average Bonchev–Trinajstić information content (AvgIpc) is 2.45. The lowest BCUT2D eigenvalue weighted by atomic mass is 10.1. The Morgan fingerprint density at radius 1 is 1.00 bits per heavy atom. The Balaban J connectivity index is 2.13. The molecule has 0 radical (unpaired) electrons. The smallest absolute Gasteiger partial charge is 0.0681 e. The molecule has 0 heterocycles. The third-order valence-corrected chi connectivity index (χ3v) is 3.60. The van der Waals surface area contributed by atoms with Gasteiger partial charge in [0.15, 0.2) is 0 Å². The summed E-state index contributed by atoms with van der Waals surface area (Å²) < 4.78 is 0. The predicted octanol–water partition coefficient (Wildman–Crippen LogP) is 4.02. The minimum Gasteiger partial charge on any atom is -0.392 e. The second kappa shape index (κ2) is 9.99. The van der Waals surface area contributed by atoms with Crippen LogP contribution in [-0.4, -0.2) is 11.1 Å². The molecule has 0 fully saturated rings. The SMILES string of the molecule is CCCCCCCC(C)NCc1ccc(CO)cc1. The van der Waals surface area contributed by atoms with Gasteiger partial charge >= 0.3 is 0 Å². The third-order valence-electron chi connectivity index (χ3n) is 3.60. The Bertz CT molecular complexity index is 321. The summed E-state index contributed by atoms with van der Waals surface area (Å²) in [5.41, 5.74) is 2.27. The first-order chi connectivity index (χ1) is 9.26. The normalized spacial score (nSPS) is 12.6. The fraction of sp³-hybridized carbons (Fsp3) is 0.647. The van der Waals surface area contributed by atoms with Crippen molar-refractivity contribution in [3.8, 4) is 0 Å². The molecule has 0 aliphatic heterocycles. The molecule has 0 amide bonds. The monoisotopic (exact) mass is 263 g/mol. The van der Waals surface area contributed by atoms with Crippen LogP contribution in [0.25, 0.3) is 0 Å². The van der Waals surface area contributed by atoms with E-state index in [1.165, 1.54) is 44.1 Å². The molecule has 0 saturated heterocycles. The van der Waals surface area contributed by atoms with Gasteiger partial charge in [-0.25, -0.2) is 0 Å². The third kappa shape index (κ3) is 7.34. The van der Waals surface area contributed by atoms with Gasteiger partial charge < -0.3 is 10.4 Å². The average molecular weight is 263 g/mol. The quantitative estimate of drug-likeness (QED) is 0.625. The summed E-state index contributed by atoms with van der Waals surface area (Å²) >= 11 is 0. The van der Waals surface area contributed by atoms with Crippen LogP contribution in [0.15, 0.2) is 24.3 Å². The molecule has 1 unspecified atom stereocenters. The van der Waals surface area contributed by atoms with Crippen LogP contribution in [0.2, 0.25) is 0 Å². The van der Waals surface area contributed by atoms with Crippen molar-refractivity contribution >= 4 is 0 Å². The second-order valence-corrected chi connectivity index (χ2v) is 5.46. The molecule has 0 bridgehead atoms. The number of aliphatic hydroxyl groups is 1. The van der Waals surface area contributed by atoms with Gasteiger partial charge in [-0.05, 0) is 24.5 Å². The van der Waals surface area contributed by atoms with E-state index < -0.39 is 0 Å². The molecular formula is C17H29NO. The molecule has 1 rings (SSSR count). The Kier molecular flexibility index (Phi) is 8.52. The van der Waals surface area contributed by atoms with E-state index >= 15 is 0 Å². The van der Waals surface area contributed by atoms with Crippen molar-refractivity contribution in [3.63, 3.8) is 0 Å². The maximum atomic E-state index is 8.99. The van der Waals surface area contributed by atoms with Gasteiger partial charge in [-0.2, -0.15) is 0 Å². The highest BCUT2D eigenvalue weighted by Crippen LogP contribution is 2.08. The summed E-state index contributed by atoms with van der Waals surface area (Å²) in [6.07, 6.45) is 8.03. The Morgan fingerprint density at radius 2 is 1.63 bits per heavy atom. The van der Waals surface area contributed by atoms with Crippen molar-refractivity contribution in [2.75, 3.05) is 0 Å². The number of benzene rings is 1. The minimum atomic E-state index is 0.127. The fourth-order valence-corrected chi connectivity index (χ4v) is 2.21. The van der Waals surface area contributed by atoms with Crippen molar-refractivity contribution < 1.29 is 5.11 Å². The van der Waals surface area contributed by atoms with Gasteiger partial charge in [0.2, 0.25) is 0 Å². The number of unbranched alkanes of at least 4 members (excludes halogenated alkanes) is 4. The van der Waals surface area contributed by atoms with E-state index in [0.717, 1.165) is 12.1 Å². The van der Waals surface area contributed by atoms with Crippen LogP contribution in [0.4, 0.5) is 0 Å². The topological polar surface area (TPSA) is 32.3 Å². The lowest BCUT2D eigenvalue weighted by Crippen LogP contribution is -2.25. The number of hydrogen-bond donors (Lipinski definition) is 2. The lowest BCUT2D eigenvalue weighted by molar-refractivity contribution is 0.282. The number of hydrogen-bond acceptors (Lipinski definition) is 2. The molecule has 2 heteroatoms. The molecule has 108 valence electrons. The zero-order valence-corrected chi connectivity index (χ0v) is 12.5. The van der Waals surface area contributed by atoms with Gasteiger partial charge in [0, 0.05) is 12.6 Å². The first kappa shape index (κ1) is 16.2. The Labute approximate surface area is 118 Å². The zero-order chi connectivity index (χ0) is 13.9. The molecule has 0 aromatic heterocycles. The molecule has 0 aliphatic carbocycles. The van der Waals surface area contributed by atoms with Crippen LogP contribution in [0.5, 0.6) is 0 Å². The number of rotatable bonds is 10. The van der Waals surface area contributed by atoms with Gasteiger partial charge in [0.25, 0.3) is 0 Å². The summed E-state index contributed by atoms with van der Waals surface area (Å²) in [4.78, 5) is 0. The fourth-order valence-electron chi connectivity index (χ4n) is 2.21. The standard InChI is InChI=1S/C17H29NO/c1-3-4-5-6-7-8-15(2)18-13-16-9-11-17(14-19)12-10-16/h9-12,15,18-19H,3-8,13-14H2,1-2H3. The van der Waals surface area contributed by atoms with Crippen molar-refractivity contribution in [2.24, 2.45) is 0 Å². The Hall–Kier alpha value is -0.860. The van der Waals surface area contributed by atoms with Crippen molar-refractivity contribution in [1.82, 2.24) is 5.32 Å². The van der Waals surface area contributed by atoms with Crippen molar-refractivity contribution in [2.45, 2.75) is 71.6 Å². The highest BCUT2D eigenvalue weighted by molar-refractivity contribution is 5.21. The largest absolute Gasteiger partial charge is 0.392 e. The van der Waals surface area contributed by atoms with Crippen molar-refractivity contribution in [1.29, 1.82) is 0 Å². The van der Waals surface area contributed by atoms with Crippen LogP contribution < -0.4 is 5.32 Å². The molecule has 0 spiro atoms. The molecule has 0 aliphatic rings. The highest BCUT2D eigenvalue weighted by Gasteiger charge is 2.01. The molecule has 1 atom stereocenters. The minimum absolute atomic E-state index is 0.127. The van der Waals surface area contributed by atoms with Crippen molar-refractivity contribution in [3.05, 3.63) is 35.4 Å². The van der Waals surface area contributed by atoms with E-state index in [-0.39, 0.29) is 6.61 Å². The Morgan fingerprint density at radius 3 is 2.26 bits per heavy atom. The van der Waals surface area contributed by atoms with E-state index in [0.29, 0.717) is 6.04 Å². The van der Waals surface area contributed by atoms with Crippen LogP contribution in [0.1, 0.15) is 63.5 Å². The molecule has 1 aromatic carbocycles. The van der Waals surface area contributed by atoms with E-state index in [9.17, 15) is 0 Å². The summed E-state index contributed by atoms with van der Waals surface area (Å²) in [6, 6.07) is 8.75. The lowest BCUT2D eigenvalue weighted by Gasteiger charge is -2.14. The van der Waals surface area contributed by atoms with Gasteiger partial charge in [0.1, 0.15) is 0 Å². The van der Waals surface area contributed by atoms with E-state index in [1.54, 1.807) is 0 Å². The maximum Gasteiger partial charge on any atom is 0.0681 e.